The smallest absolute Gasteiger partial charge is 0.254 e. The first kappa shape index (κ1) is 25.3. The van der Waals surface area contributed by atoms with Crippen LogP contribution in [0.3, 0.4) is 0 Å². The highest BCUT2D eigenvalue weighted by atomic mass is 32.1. The van der Waals surface area contributed by atoms with E-state index in [9.17, 15) is 9.90 Å². The van der Waals surface area contributed by atoms with Gasteiger partial charge in [-0.2, -0.15) is 0 Å². The zero-order chi connectivity index (χ0) is 27.0. The van der Waals surface area contributed by atoms with Gasteiger partial charge >= 0.3 is 0 Å². The number of rotatable bonds is 7. The molecule has 198 valence electrons. The number of nitrogens with zero attached hydrogens (tertiary/aromatic N) is 3. The van der Waals surface area contributed by atoms with E-state index in [1.807, 2.05) is 71.8 Å². The van der Waals surface area contributed by atoms with Crippen molar-refractivity contribution in [3.63, 3.8) is 0 Å². The van der Waals surface area contributed by atoms with Crippen molar-refractivity contribution in [2.75, 3.05) is 6.54 Å². The predicted octanol–water partition coefficient (Wildman–Crippen LogP) is 6.79. The maximum atomic E-state index is 13.9. The molecule has 39 heavy (non-hydrogen) atoms. The fraction of sp³-hybridized carbons (Fsp3) is 0.258. The van der Waals surface area contributed by atoms with Crippen molar-refractivity contribution in [2.45, 2.75) is 44.8 Å². The SMILES string of the molecule is Cc1csc([C@H]2CCCN2C(=O)c2cc(-c3ccc(C(C)(O)Cc4ccccc4)o3)cc(-c3ncco3)c2)n1. The van der Waals surface area contributed by atoms with Crippen LogP contribution in [0.1, 0.15) is 58.2 Å². The van der Waals surface area contributed by atoms with Crippen molar-refractivity contribution >= 4 is 17.2 Å². The highest BCUT2D eigenvalue weighted by molar-refractivity contribution is 7.09. The number of thiazole rings is 1. The Morgan fingerprint density at radius 2 is 1.97 bits per heavy atom. The maximum absolute atomic E-state index is 13.9. The summed E-state index contributed by atoms with van der Waals surface area (Å²) in [4.78, 5) is 24.8. The lowest BCUT2D eigenvalue weighted by Gasteiger charge is -2.23. The molecule has 1 N–H and O–H groups in total. The van der Waals surface area contributed by atoms with Crippen LogP contribution in [0.4, 0.5) is 0 Å². The number of carbonyl (C=O) groups excluding carboxylic acids is 1. The zero-order valence-corrected chi connectivity index (χ0v) is 22.6. The summed E-state index contributed by atoms with van der Waals surface area (Å²) in [6, 6.07) is 18.9. The Bertz CT molecular complexity index is 1590. The van der Waals surface area contributed by atoms with Gasteiger partial charge in [0.05, 0.1) is 12.2 Å². The fourth-order valence-corrected chi connectivity index (χ4v) is 6.15. The van der Waals surface area contributed by atoms with Crippen molar-refractivity contribution in [1.29, 1.82) is 0 Å². The van der Waals surface area contributed by atoms with E-state index in [1.165, 1.54) is 6.26 Å². The van der Waals surface area contributed by atoms with Crippen molar-refractivity contribution in [1.82, 2.24) is 14.9 Å². The molecule has 0 bridgehead atoms. The van der Waals surface area contributed by atoms with Gasteiger partial charge in [0.15, 0.2) is 0 Å². The Balaban J connectivity index is 1.35. The number of aliphatic hydroxyl groups is 1. The van der Waals surface area contributed by atoms with E-state index < -0.39 is 5.60 Å². The summed E-state index contributed by atoms with van der Waals surface area (Å²) in [5.74, 6) is 1.36. The average Bonchev–Trinajstić information content (AvgIpc) is 3.74. The maximum Gasteiger partial charge on any atom is 0.254 e. The minimum absolute atomic E-state index is 0.0339. The molecule has 1 fully saturated rings. The molecule has 1 saturated heterocycles. The second-order valence-corrected chi connectivity index (χ2v) is 11.1. The molecular formula is C31H29N3O4S. The Kier molecular flexibility index (Phi) is 6.66. The number of amides is 1. The summed E-state index contributed by atoms with van der Waals surface area (Å²) in [5.41, 5.74) is 2.68. The zero-order valence-electron chi connectivity index (χ0n) is 21.8. The summed E-state index contributed by atoms with van der Waals surface area (Å²) in [6.45, 7) is 4.39. The van der Waals surface area contributed by atoms with Crippen molar-refractivity contribution in [3.8, 4) is 22.8 Å². The largest absolute Gasteiger partial charge is 0.458 e. The van der Waals surface area contributed by atoms with Gasteiger partial charge in [0.2, 0.25) is 5.89 Å². The van der Waals surface area contributed by atoms with E-state index in [1.54, 1.807) is 30.5 Å². The number of oxazole rings is 1. The molecule has 5 aromatic rings. The summed E-state index contributed by atoms with van der Waals surface area (Å²) in [7, 11) is 0. The third-order valence-electron chi connectivity index (χ3n) is 7.11. The minimum Gasteiger partial charge on any atom is -0.458 e. The van der Waals surface area contributed by atoms with Crippen LogP contribution in [0.5, 0.6) is 0 Å². The average molecular weight is 540 g/mol. The topological polar surface area (TPSA) is 92.6 Å². The molecule has 3 aromatic heterocycles. The van der Waals surface area contributed by atoms with Crippen LogP contribution in [0, 0.1) is 6.92 Å². The van der Waals surface area contributed by atoms with Crippen LogP contribution in [0.25, 0.3) is 22.8 Å². The number of aromatic nitrogens is 2. The van der Waals surface area contributed by atoms with Gasteiger partial charge < -0.3 is 18.8 Å². The third-order valence-corrected chi connectivity index (χ3v) is 8.17. The number of hydrogen-bond acceptors (Lipinski definition) is 7. The van der Waals surface area contributed by atoms with Crippen LogP contribution < -0.4 is 0 Å². The van der Waals surface area contributed by atoms with Crippen molar-refractivity contribution in [2.24, 2.45) is 0 Å². The van der Waals surface area contributed by atoms with E-state index in [0.29, 0.717) is 47.1 Å². The number of likely N-dealkylation sites (tertiary alicyclic amines) is 1. The molecule has 6 rings (SSSR count). The van der Waals surface area contributed by atoms with Crippen LogP contribution in [0.2, 0.25) is 0 Å². The van der Waals surface area contributed by atoms with Crippen LogP contribution in [-0.4, -0.2) is 32.4 Å². The molecule has 1 aliphatic heterocycles. The van der Waals surface area contributed by atoms with E-state index >= 15 is 0 Å². The van der Waals surface area contributed by atoms with Gasteiger partial charge in [-0.25, -0.2) is 9.97 Å². The van der Waals surface area contributed by atoms with E-state index in [4.69, 9.17) is 8.83 Å². The highest BCUT2D eigenvalue weighted by Gasteiger charge is 2.33. The number of furan rings is 1. The first-order chi connectivity index (χ1) is 18.9. The molecule has 4 heterocycles. The number of hydrogen-bond donors (Lipinski definition) is 1. The summed E-state index contributed by atoms with van der Waals surface area (Å²) < 4.78 is 11.8. The molecular weight excluding hydrogens is 510 g/mol. The lowest BCUT2D eigenvalue weighted by atomic mass is 9.94. The van der Waals surface area contributed by atoms with E-state index in [0.717, 1.165) is 29.1 Å². The van der Waals surface area contributed by atoms with Crippen LogP contribution >= 0.6 is 11.3 Å². The predicted molar refractivity (Wildman–Crippen MR) is 149 cm³/mol. The third kappa shape index (κ3) is 5.17. The molecule has 2 atom stereocenters. The van der Waals surface area contributed by atoms with E-state index in [-0.39, 0.29) is 11.9 Å². The quantitative estimate of drug-likeness (QED) is 0.245. The van der Waals surface area contributed by atoms with Gasteiger partial charge in [-0.1, -0.05) is 30.3 Å². The normalized spacial score (nSPS) is 16.9. The molecule has 8 heteroatoms. The molecule has 7 nitrogen and oxygen atoms in total. The first-order valence-corrected chi connectivity index (χ1v) is 13.9. The standard InChI is InChI=1S/C31H29N3O4S/c1-20-19-39-29(33-20)25-9-6-13-34(25)30(35)24-16-22(15-23(17-24)28-32-12-14-37-28)26-10-11-27(38-26)31(2,36)18-21-7-4-3-5-8-21/h3-5,7-8,10-12,14-17,19,25,36H,6,9,13,18H2,1-2H3/t25-,31?/m1/s1. The molecule has 1 unspecified atom stereocenters. The Morgan fingerprint density at radius 3 is 2.72 bits per heavy atom. The van der Waals surface area contributed by atoms with Gasteiger partial charge in [-0.05, 0) is 62.6 Å². The van der Waals surface area contributed by atoms with Gasteiger partial charge in [-0.3, -0.25) is 4.79 Å². The molecule has 0 radical (unpaired) electrons. The summed E-state index contributed by atoms with van der Waals surface area (Å²) in [6.07, 6.45) is 5.32. The molecule has 1 amide bonds. The molecule has 0 saturated carbocycles. The minimum atomic E-state index is -1.20. The Hall–Kier alpha value is -4.01. The Morgan fingerprint density at radius 1 is 1.15 bits per heavy atom. The van der Waals surface area contributed by atoms with Gasteiger partial charge in [0.1, 0.15) is 28.4 Å². The van der Waals surface area contributed by atoms with E-state index in [2.05, 4.69) is 9.97 Å². The van der Waals surface area contributed by atoms with Crippen molar-refractivity contribution in [3.05, 3.63) is 106 Å². The lowest BCUT2D eigenvalue weighted by Crippen LogP contribution is -2.30. The molecule has 1 aliphatic rings. The van der Waals surface area contributed by atoms with Crippen molar-refractivity contribution < 1.29 is 18.7 Å². The monoisotopic (exact) mass is 539 g/mol. The van der Waals surface area contributed by atoms with Gasteiger partial charge in [0, 0.05) is 40.7 Å². The summed E-state index contributed by atoms with van der Waals surface area (Å²) >= 11 is 1.60. The second kappa shape index (κ2) is 10.3. The Labute approximate surface area is 230 Å². The number of benzene rings is 2. The summed E-state index contributed by atoms with van der Waals surface area (Å²) in [5, 5.41) is 14.2. The fourth-order valence-electron chi connectivity index (χ4n) is 5.20. The van der Waals surface area contributed by atoms with Gasteiger partial charge in [-0.15, -0.1) is 11.3 Å². The molecule has 0 spiro atoms. The van der Waals surface area contributed by atoms with Crippen LogP contribution in [-0.2, 0) is 12.0 Å². The first-order valence-electron chi connectivity index (χ1n) is 13.0. The number of aryl methyl sites for hydroxylation is 1. The highest BCUT2D eigenvalue weighted by Crippen LogP contribution is 2.37. The van der Waals surface area contributed by atoms with Crippen LogP contribution in [0.15, 0.2) is 87.3 Å². The molecule has 0 aliphatic carbocycles. The second-order valence-electron chi connectivity index (χ2n) is 10.2. The molecule has 2 aromatic carbocycles. The van der Waals surface area contributed by atoms with Gasteiger partial charge in [0.25, 0.3) is 5.91 Å². The lowest BCUT2D eigenvalue weighted by molar-refractivity contribution is 0.0350. The number of carbonyl (C=O) groups is 1.